The molecule has 0 bridgehead atoms. The number of H-pyrrole nitrogens is 4. The van der Waals surface area contributed by atoms with Crippen LogP contribution in [0.25, 0.3) is 94.3 Å². The highest BCUT2D eigenvalue weighted by molar-refractivity contribution is 6.04. The van der Waals surface area contributed by atoms with Crippen LogP contribution in [0, 0.1) is 5.82 Å². The fourth-order valence-electron chi connectivity index (χ4n) is 16.8. The van der Waals surface area contributed by atoms with Crippen LogP contribution in [0.2, 0.25) is 0 Å². The van der Waals surface area contributed by atoms with Crippen LogP contribution in [0.5, 0.6) is 46.1 Å². The van der Waals surface area contributed by atoms with Gasteiger partial charge < -0.3 is 61.9 Å². The molecule has 13 N–H and O–H groups in total. The molecule has 4 amide bonds. The third-order valence-electron chi connectivity index (χ3n) is 23.2. The summed E-state index contributed by atoms with van der Waals surface area (Å²) in [5, 5.41) is 49.0. The SMILES string of the molecule is C=CC(=O)N1CCCC(n2nc(-c3ccc(Oc4ccccc4)cc3)c3c(N)n[nH]c(=O)c32)C1.C=CC(=O)N1CCCC(n2nc(-c3ccc(Oc4ccccc4F)cc3)c3c(N)n[nH]c(=O)c32)C1.C=CC(=O)N1CCCC(n2nc(-c3ccc(Oc4ccccn4)cc3)c3c(N)n[nH]c(=O)c32)C1.C=CC(=O)Nc1cccc(-n2nc3c(=O)[nH]nc(N)c3c2-c2ccc(Oc3ccccc3)cc2)c1. The maximum Gasteiger partial charge on any atom is 0.292 e. The minimum absolute atomic E-state index is 0.117. The second-order valence-corrected chi connectivity index (χ2v) is 32.1. The Hall–Kier alpha value is -18.5. The maximum atomic E-state index is 13.9. The number of nitrogens with one attached hydrogen (secondary N) is 5. The standard InChI is InChI=1S/C26H20N6O3.C25H23FN6O3.C25H24N6O3.C24H23N7O3/c1-2-21(33)28-17-7-6-8-18(15-17)32-24(22-23(31-32)26(34)30-29-25(22)27)16-11-13-20(14-12-16)35-19-9-4-3-5-10-19;1-2-20(33)31-13-5-6-16(14-31)32-23-21(24(27)28-29-25(23)34)22(30-32)15-9-11-17(12-10-15)35-19-8-4-3-7-18(19)26;1-2-20(32)30-14-6-7-17(15-30)31-23-21(24(26)27-28-25(23)33)22(29-31)16-10-12-19(13-11-16)34-18-8-4-3-5-9-18;1-2-19(32)30-13-5-6-16(14-30)31-22-20(23(25)27-28-24(22)33)21(29-31)15-8-10-17(11-9-15)34-18-7-3-4-12-26-18/h2-15H,1H2,(H2,27,29)(H,28,33)(H,30,34);2-4,7-12,16H,1,5-6,13-14H2,(H2,27,28)(H,29,34);2-5,8-13,17H,1,6-7,14-15H2,(H2,26,27)(H,28,33);2-4,7-12,16H,1,5-6,13-14H2,(H2,25,27)(H,28,33). The van der Waals surface area contributed by atoms with Crippen LogP contribution < -0.4 is 69.4 Å². The number of hydrogen-bond acceptors (Lipinski definition) is 25. The molecule has 3 aliphatic rings. The number of aromatic amines is 4. The number of rotatable bonds is 21. The van der Waals surface area contributed by atoms with E-state index in [4.69, 9.17) is 57.2 Å². The number of halogens is 1. The Labute approximate surface area is 783 Å². The molecule has 17 aromatic rings. The molecule has 8 aromatic carbocycles. The van der Waals surface area contributed by atoms with Gasteiger partial charge in [-0.05, 0) is 221 Å². The number of fused-ring (bicyclic) bond motifs is 4. The zero-order chi connectivity index (χ0) is 96.2. The van der Waals surface area contributed by atoms with Gasteiger partial charge in [0.15, 0.2) is 40.4 Å². The van der Waals surface area contributed by atoms with E-state index in [1.807, 2.05) is 140 Å². The molecule has 694 valence electrons. The number of piperidine rings is 3. The van der Waals surface area contributed by atoms with Gasteiger partial charge in [0.05, 0.1) is 51.1 Å². The van der Waals surface area contributed by atoms with Gasteiger partial charge in [-0.3, -0.25) is 52.4 Å². The van der Waals surface area contributed by atoms with Crippen LogP contribution >= 0.6 is 0 Å². The highest BCUT2D eigenvalue weighted by Crippen LogP contribution is 2.41. The Morgan fingerprint density at radius 1 is 0.399 bits per heavy atom. The average Bonchev–Trinajstić information content (AvgIpc) is 1.61. The molecule has 3 atom stereocenters. The molecule has 0 radical (unpaired) electrons. The Morgan fingerprint density at radius 2 is 0.775 bits per heavy atom. The van der Waals surface area contributed by atoms with Crippen LogP contribution in [0.15, 0.2) is 300 Å². The zero-order valence-electron chi connectivity index (χ0n) is 74.0. The summed E-state index contributed by atoms with van der Waals surface area (Å²) in [6.45, 7) is 17.4. The van der Waals surface area contributed by atoms with Gasteiger partial charge in [0.25, 0.3) is 22.2 Å². The number of ether oxygens (including phenoxy) is 4. The lowest BCUT2D eigenvalue weighted by Crippen LogP contribution is -2.40. The Morgan fingerprint density at radius 3 is 1.18 bits per heavy atom. The molecular formula is C100H90FN25O12. The molecule has 3 aliphatic heterocycles. The smallest absolute Gasteiger partial charge is 0.292 e. The van der Waals surface area contributed by atoms with E-state index in [0.29, 0.717) is 152 Å². The summed E-state index contributed by atoms with van der Waals surface area (Å²) in [5.41, 5.74) is 30.5. The molecule has 0 spiro atoms. The lowest BCUT2D eigenvalue weighted by Gasteiger charge is -2.32. The second kappa shape index (κ2) is 40.7. The summed E-state index contributed by atoms with van der Waals surface area (Å²) in [5.74, 6) is 3.85. The van der Waals surface area contributed by atoms with Crippen LogP contribution in [0.1, 0.15) is 56.7 Å². The Bertz CT molecular complexity index is 7500. The first-order chi connectivity index (χ1) is 67.1. The molecule has 3 fully saturated rings. The number of likely N-dealkylation sites (tertiary alicyclic amines) is 3. The fraction of sp³-hybridized carbons (Fsp3) is 0.150. The van der Waals surface area contributed by atoms with Crippen molar-refractivity contribution in [1.29, 1.82) is 0 Å². The molecule has 37 nitrogen and oxygen atoms in total. The topological polar surface area (TPSA) is 498 Å². The van der Waals surface area contributed by atoms with E-state index in [-0.39, 0.29) is 87.4 Å². The molecule has 20 rings (SSSR count). The first kappa shape index (κ1) is 91.4. The number of nitrogen functional groups attached to an aromatic ring is 4. The van der Waals surface area contributed by atoms with Crippen LogP contribution in [-0.2, 0) is 19.2 Å². The van der Waals surface area contributed by atoms with Crippen LogP contribution in [-0.4, -0.2) is 162 Å². The molecule has 0 aliphatic carbocycles. The molecule has 12 heterocycles. The first-order valence-corrected chi connectivity index (χ1v) is 43.8. The lowest BCUT2D eigenvalue weighted by atomic mass is 10.1. The molecule has 38 heteroatoms. The number of carbonyl (C=O) groups is 4. The lowest BCUT2D eigenvalue weighted by molar-refractivity contribution is -0.128. The van der Waals surface area contributed by atoms with Crippen molar-refractivity contribution in [3.63, 3.8) is 0 Å². The number of pyridine rings is 1. The Balaban J connectivity index is 0.000000127. The predicted molar refractivity (Wildman–Crippen MR) is 521 cm³/mol. The minimum Gasteiger partial charge on any atom is -0.457 e. The molecule has 9 aromatic heterocycles. The number of amides is 4. The van der Waals surface area contributed by atoms with E-state index >= 15 is 0 Å². The number of benzene rings is 8. The van der Waals surface area contributed by atoms with Gasteiger partial charge in [0.1, 0.15) is 68.1 Å². The highest BCUT2D eigenvalue weighted by Gasteiger charge is 2.34. The van der Waals surface area contributed by atoms with E-state index in [1.165, 1.54) is 30.4 Å². The van der Waals surface area contributed by atoms with Crippen molar-refractivity contribution in [2.75, 3.05) is 67.5 Å². The van der Waals surface area contributed by atoms with Crippen molar-refractivity contribution in [1.82, 2.24) is 99.6 Å². The van der Waals surface area contributed by atoms with Gasteiger partial charge in [-0.2, -0.15) is 40.8 Å². The van der Waals surface area contributed by atoms with Gasteiger partial charge in [0.2, 0.25) is 29.5 Å². The number of para-hydroxylation sites is 3. The number of anilines is 5. The van der Waals surface area contributed by atoms with Gasteiger partial charge >= 0.3 is 0 Å². The summed E-state index contributed by atoms with van der Waals surface area (Å²) in [6.07, 6.45) is 11.4. The van der Waals surface area contributed by atoms with Gasteiger partial charge in [-0.15, -0.1) is 0 Å². The Kier molecular flexibility index (Phi) is 26.9. The normalized spacial score (nSPS) is 14.6. The average molecular weight is 1850 g/mol. The van der Waals surface area contributed by atoms with E-state index in [0.717, 1.165) is 61.0 Å². The summed E-state index contributed by atoms with van der Waals surface area (Å²) in [7, 11) is 0. The van der Waals surface area contributed by atoms with E-state index < -0.39 is 16.9 Å². The van der Waals surface area contributed by atoms with Crippen molar-refractivity contribution >= 4 is 96.2 Å². The summed E-state index contributed by atoms with van der Waals surface area (Å²) >= 11 is 0. The number of carbonyl (C=O) groups excluding carboxylic acids is 4. The van der Waals surface area contributed by atoms with Crippen LogP contribution in [0.3, 0.4) is 0 Å². The number of nitrogens with two attached hydrogens (primary N) is 4. The van der Waals surface area contributed by atoms with Crippen molar-refractivity contribution in [2.45, 2.75) is 56.7 Å². The number of nitrogens with zero attached hydrogens (tertiary/aromatic N) is 16. The first-order valence-electron chi connectivity index (χ1n) is 43.8. The fourth-order valence-corrected chi connectivity index (χ4v) is 16.8. The molecule has 3 saturated heterocycles. The highest BCUT2D eigenvalue weighted by atomic mass is 19.1. The molecule has 0 saturated carbocycles. The van der Waals surface area contributed by atoms with Gasteiger partial charge in [0, 0.05) is 79.5 Å². The van der Waals surface area contributed by atoms with Gasteiger partial charge in [-0.25, -0.2) is 34.5 Å². The molecule has 138 heavy (non-hydrogen) atoms. The van der Waals surface area contributed by atoms with E-state index in [2.05, 4.69) is 82.5 Å². The number of aromatic nitrogens is 17. The van der Waals surface area contributed by atoms with Crippen molar-refractivity contribution in [2.24, 2.45) is 0 Å². The van der Waals surface area contributed by atoms with Crippen LogP contribution in [0.4, 0.5) is 33.3 Å². The summed E-state index contributed by atoms with van der Waals surface area (Å²) < 4.78 is 43.7. The summed E-state index contributed by atoms with van der Waals surface area (Å²) in [4.78, 5) is 109. The quantitative estimate of drug-likeness (QED) is 0.0302. The van der Waals surface area contributed by atoms with E-state index in [1.54, 1.807) is 118 Å². The van der Waals surface area contributed by atoms with E-state index in [9.17, 15) is 42.7 Å². The maximum absolute atomic E-state index is 13.9. The van der Waals surface area contributed by atoms with Crippen molar-refractivity contribution in [3.05, 3.63) is 329 Å². The van der Waals surface area contributed by atoms with Crippen molar-refractivity contribution in [3.8, 4) is 96.8 Å². The van der Waals surface area contributed by atoms with Crippen molar-refractivity contribution < 1.29 is 42.5 Å². The third-order valence-corrected chi connectivity index (χ3v) is 23.2. The largest absolute Gasteiger partial charge is 0.457 e. The number of hydrogen-bond donors (Lipinski definition) is 9. The third kappa shape index (κ3) is 19.7. The summed E-state index contributed by atoms with van der Waals surface area (Å²) in [6, 6.07) is 66.0. The molecular weight excluding hydrogens is 1760 g/mol. The zero-order valence-corrected chi connectivity index (χ0v) is 74.0. The predicted octanol–water partition coefficient (Wildman–Crippen LogP) is 14.3. The minimum atomic E-state index is -0.464. The van der Waals surface area contributed by atoms with Gasteiger partial charge in [-0.1, -0.05) is 87.0 Å². The monoisotopic (exact) mass is 1850 g/mol. The molecule has 3 unspecified atom stereocenters. The second-order valence-electron chi connectivity index (χ2n) is 32.1.